The fourth-order valence-electron chi connectivity index (χ4n) is 0.117. The van der Waals surface area contributed by atoms with Crippen molar-refractivity contribution in [2.24, 2.45) is 0 Å². The summed E-state index contributed by atoms with van der Waals surface area (Å²) in [5.41, 5.74) is 0. The van der Waals surface area contributed by atoms with Crippen LogP contribution in [-0.2, 0) is 4.57 Å². The highest BCUT2D eigenvalue weighted by Gasteiger charge is 2.03. The lowest BCUT2D eigenvalue weighted by Crippen LogP contribution is -2.18. The molecule has 0 bridgehead atoms. The van der Waals surface area contributed by atoms with Crippen LogP contribution >= 0.6 is 20.7 Å². The Hall–Kier alpha value is -0.320. The number of carbonyl (C=O) groups is 1. The van der Waals surface area contributed by atoms with Crippen molar-refractivity contribution in [1.29, 1.82) is 0 Å². The van der Waals surface area contributed by atoms with Crippen LogP contribution in [0.3, 0.4) is 0 Å². The topological polar surface area (TPSA) is 69.6 Å². The van der Waals surface area contributed by atoms with Gasteiger partial charge >= 0.3 is 6.09 Å². The van der Waals surface area contributed by atoms with Gasteiger partial charge in [0.1, 0.15) is 0 Å². The number of rotatable bonds is 3. The molecule has 0 saturated carbocycles. The van der Waals surface area contributed by atoms with Gasteiger partial charge in [-0.3, -0.25) is 4.57 Å². The van der Waals surface area contributed by atoms with Crippen molar-refractivity contribution in [3.63, 3.8) is 0 Å². The first-order chi connectivity index (χ1) is 4.18. The number of hydrogen-bond acceptors (Lipinski definition) is 3. The molecule has 7 heteroatoms. The standard InChI is InChI=1S/C2H5N2O3PS/c1-4(2(5)6)9-3-8-7/h1H3,(H,3,7)(H,5,6). The SMILES string of the molecule is CN(SNP=O)C(=O)O. The molecule has 9 heavy (non-hydrogen) atoms. The molecule has 52 valence electrons. The molecule has 0 aromatic heterocycles. The highest BCUT2D eigenvalue weighted by Crippen LogP contribution is 2.04. The fourth-order valence-corrected chi connectivity index (χ4v) is 0.818. The molecule has 0 aliphatic heterocycles. The first-order valence-electron chi connectivity index (χ1n) is 1.89. The first-order valence-corrected chi connectivity index (χ1v) is 3.48. The van der Waals surface area contributed by atoms with E-state index in [0.29, 0.717) is 0 Å². The molecule has 0 fully saturated rings. The first kappa shape index (κ1) is 8.68. The summed E-state index contributed by atoms with van der Waals surface area (Å²) in [7, 11) is 1.04. The summed E-state index contributed by atoms with van der Waals surface area (Å²) in [5.74, 6) is 0. The van der Waals surface area contributed by atoms with Crippen LogP contribution in [0.15, 0.2) is 0 Å². The second kappa shape index (κ2) is 4.55. The van der Waals surface area contributed by atoms with Gasteiger partial charge in [-0.2, -0.15) is 4.49 Å². The van der Waals surface area contributed by atoms with E-state index < -0.39 is 6.09 Å². The average molecular weight is 168 g/mol. The third-order valence-corrected chi connectivity index (χ3v) is 1.54. The van der Waals surface area contributed by atoms with Gasteiger partial charge in [0.05, 0.1) is 12.1 Å². The maximum atomic E-state index is 9.97. The lowest BCUT2D eigenvalue weighted by Gasteiger charge is -2.06. The summed E-state index contributed by atoms with van der Waals surface area (Å²) >= 11 is 0.743. The highest BCUT2D eigenvalue weighted by atomic mass is 32.2. The minimum atomic E-state index is -1.09. The molecule has 0 aromatic rings. The van der Waals surface area contributed by atoms with Crippen molar-refractivity contribution in [3.8, 4) is 0 Å². The molecule has 0 saturated heterocycles. The Morgan fingerprint density at radius 3 is 2.78 bits per heavy atom. The molecule has 0 unspecified atom stereocenters. The summed E-state index contributed by atoms with van der Waals surface area (Å²) in [5, 5.41) is 8.17. The van der Waals surface area contributed by atoms with Gasteiger partial charge in [-0.25, -0.2) is 9.10 Å². The Bertz CT molecular complexity index is 120. The van der Waals surface area contributed by atoms with Crippen molar-refractivity contribution in [1.82, 2.24) is 8.80 Å². The number of hydrogen-bond donors (Lipinski definition) is 2. The van der Waals surface area contributed by atoms with E-state index in [9.17, 15) is 9.36 Å². The molecule has 1 amide bonds. The molecule has 0 aliphatic rings. The number of nitrogens with one attached hydrogen (secondary N) is 1. The van der Waals surface area contributed by atoms with E-state index >= 15 is 0 Å². The number of nitrogens with zero attached hydrogens (tertiary/aromatic N) is 1. The second-order valence-corrected chi connectivity index (χ2v) is 2.70. The van der Waals surface area contributed by atoms with Crippen LogP contribution in [0.4, 0.5) is 4.79 Å². The van der Waals surface area contributed by atoms with Gasteiger partial charge in [0.2, 0.25) is 0 Å². The van der Waals surface area contributed by atoms with Gasteiger partial charge < -0.3 is 5.11 Å². The Morgan fingerprint density at radius 2 is 2.44 bits per heavy atom. The Labute approximate surface area is 57.9 Å². The monoisotopic (exact) mass is 168 g/mol. The van der Waals surface area contributed by atoms with Crippen molar-refractivity contribution in [2.75, 3.05) is 7.05 Å². The van der Waals surface area contributed by atoms with Crippen LogP contribution in [0.2, 0.25) is 0 Å². The quantitative estimate of drug-likeness (QED) is 0.485. The van der Waals surface area contributed by atoms with Gasteiger partial charge in [0, 0.05) is 7.05 Å². The second-order valence-electron chi connectivity index (χ2n) is 1.05. The molecule has 0 heterocycles. The third kappa shape index (κ3) is 4.20. The zero-order valence-electron chi connectivity index (χ0n) is 4.57. The van der Waals surface area contributed by atoms with Crippen LogP contribution in [0.1, 0.15) is 0 Å². The molecule has 0 atom stereocenters. The predicted molar refractivity (Wildman–Crippen MR) is 34.1 cm³/mol. The molecule has 5 nitrogen and oxygen atoms in total. The van der Waals surface area contributed by atoms with Crippen LogP contribution in [-0.4, -0.2) is 22.6 Å². The molecule has 0 rings (SSSR count). The van der Waals surface area contributed by atoms with Crippen LogP contribution in [0, 0.1) is 0 Å². The van der Waals surface area contributed by atoms with Crippen LogP contribution in [0.5, 0.6) is 0 Å². The van der Waals surface area contributed by atoms with Gasteiger partial charge in [0.25, 0.3) is 8.61 Å². The van der Waals surface area contributed by atoms with Crippen molar-refractivity contribution >= 4 is 26.8 Å². The highest BCUT2D eigenvalue weighted by molar-refractivity contribution is 7.98. The molecule has 0 aromatic carbocycles. The summed E-state index contributed by atoms with van der Waals surface area (Å²) in [4.78, 5) is 9.97. The normalized spacial score (nSPS) is 9.44. The Kier molecular flexibility index (Phi) is 4.39. The van der Waals surface area contributed by atoms with Gasteiger partial charge in [-0.05, 0) is 0 Å². The maximum Gasteiger partial charge on any atom is 0.418 e. The van der Waals surface area contributed by atoms with Gasteiger partial charge in [-0.15, -0.1) is 0 Å². The van der Waals surface area contributed by atoms with E-state index in [1.165, 1.54) is 7.05 Å². The average Bonchev–Trinajstić information content (AvgIpc) is 1.82. The van der Waals surface area contributed by atoms with E-state index in [0.717, 1.165) is 16.4 Å². The molecule has 0 aliphatic carbocycles. The van der Waals surface area contributed by atoms with Crippen molar-refractivity contribution in [2.45, 2.75) is 0 Å². The van der Waals surface area contributed by atoms with Crippen molar-refractivity contribution < 1.29 is 14.5 Å². The van der Waals surface area contributed by atoms with Crippen LogP contribution < -0.4 is 4.49 Å². The lowest BCUT2D eigenvalue weighted by atomic mass is 11.1. The molecular formula is C2H5N2O3PS. The molecule has 0 radical (unpaired) electrons. The minimum absolute atomic E-state index is 0.297. The van der Waals surface area contributed by atoms with Gasteiger partial charge in [0.15, 0.2) is 0 Å². The maximum absolute atomic E-state index is 9.97. The zero-order chi connectivity index (χ0) is 7.28. The summed E-state index contributed by atoms with van der Waals surface area (Å²) < 4.78 is 12.8. The van der Waals surface area contributed by atoms with E-state index in [1.54, 1.807) is 0 Å². The fraction of sp³-hybridized carbons (Fsp3) is 0.500. The van der Waals surface area contributed by atoms with E-state index in [-0.39, 0.29) is 8.61 Å². The van der Waals surface area contributed by atoms with E-state index in [4.69, 9.17) is 5.11 Å². The summed E-state index contributed by atoms with van der Waals surface area (Å²) in [6.07, 6.45) is -1.09. The Morgan fingerprint density at radius 1 is 1.89 bits per heavy atom. The lowest BCUT2D eigenvalue weighted by molar-refractivity contribution is 0.181. The summed E-state index contributed by atoms with van der Waals surface area (Å²) in [6, 6.07) is 0. The Balaban J connectivity index is 3.37. The number of carboxylic acid groups (broad SMARTS) is 1. The third-order valence-electron chi connectivity index (χ3n) is 0.484. The van der Waals surface area contributed by atoms with Gasteiger partial charge in [-0.1, -0.05) is 0 Å². The number of amides is 1. The van der Waals surface area contributed by atoms with E-state index in [2.05, 4.69) is 4.49 Å². The largest absolute Gasteiger partial charge is 0.464 e. The van der Waals surface area contributed by atoms with Crippen molar-refractivity contribution in [3.05, 3.63) is 0 Å². The molecule has 2 N–H and O–H groups in total. The molecular weight excluding hydrogens is 163 g/mol. The summed E-state index contributed by atoms with van der Waals surface area (Å²) in [6.45, 7) is 0. The zero-order valence-corrected chi connectivity index (χ0v) is 6.28. The smallest absolute Gasteiger partial charge is 0.418 e. The van der Waals surface area contributed by atoms with Crippen LogP contribution in [0.25, 0.3) is 0 Å². The molecule has 0 spiro atoms. The van der Waals surface area contributed by atoms with E-state index in [1.807, 2.05) is 0 Å². The minimum Gasteiger partial charge on any atom is -0.464 e. The predicted octanol–water partition coefficient (Wildman–Crippen LogP) is 0.956.